The molecule has 0 saturated carbocycles. The van der Waals surface area contributed by atoms with Crippen LogP contribution in [0.5, 0.6) is 0 Å². The number of carbonyl (C=O) groups is 1. The van der Waals surface area contributed by atoms with Gasteiger partial charge in [0.15, 0.2) is 0 Å². The molecule has 2 amide bonds. The molecule has 1 saturated heterocycles. The number of hydrogen-bond donors (Lipinski definition) is 3. The second-order valence-electron chi connectivity index (χ2n) is 6.62. The minimum atomic E-state index is -1.04. The summed E-state index contributed by atoms with van der Waals surface area (Å²) in [6.45, 7) is 10.8. The Morgan fingerprint density at radius 3 is 2.78 bits per heavy atom. The zero-order valence-corrected chi connectivity index (χ0v) is 14.8. The van der Waals surface area contributed by atoms with Gasteiger partial charge in [-0.3, -0.25) is 4.90 Å². The molecule has 0 radical (unpaired) electrons. The number of piperidine rings is 1. The molecule has 23 heavy (non-hydrogen) atoms. The Morgan fingerprint density at radius 2 is 2.22 bits per heavy atom. The standard InChI is InChI=1S/C17H27N3O2S/c1-13(2)10-20-7-4-15(5-8-20)19-16(21)18-12-17(3,22)14-6-9-23-11-14/h6,9,11,15,22H,1,4-5,7-8,10,12H2,2-3H3,(H2,18,19,21). The third kappa shape index (κ3) is 5.64. The maximum Gasteiger partial charge on any atom is 0.315 e. The lowest BCUT2D eigenvalue weighted by atomic mass is 9.99. The Balaban J connectivity index is 1.71. The van der Waals surface area contributed by atoms with Crippen molar-refractivity contribution >= 4 is 17.4 Å². The fraction of sp³-hybridized carbons (Fsp3) is 0.588. The molecule has 0 aromatic carbocycles. The molecule has 0 aliphatic carbocycles. The molecule has 1 unspecified atom stereocenters. The first kappa shape index (κ1) is 18.0. The highest BCUT2D eigenvalue weighted by molar-refractivity contribution is 7.08. The third-order valence-electron chi connectivity index (χ3n) is 4.15. The zero-order chi connectivity index (χ0) is 16.9. The number of urea groups is 1. The van der Waals surface area contributed by atoms with Gasteiger partial charge < -0.3 is 15.7 Å². The van der Waals surface area contributed by atoms with E-state index in [1.807, 2.05) is 23.8 Å². The molecular weight excluding hydrogens is 310 g/mol. The van der Waals surface area contributed by atoms with Crippen molar-refractivity contribution < 1.29 is 9.90 Å². The van der Waals surface area contributed by atoms with E-state index in [1.54, 1.807) is 6.92 Å². The first-order valence-electron chi connectivity index (χ1n) is 8.03. The van der Waals surface area contributed by atoms with E-state index in [0.29, 0.717) is 0 Å². The molecular formula is C17H27N3O2S. The van der Waals surface area contributed by atoms with Gasteiger partial charge in [0.1, 0.15) is 5.60 Å². The number of aliphatic hydroxyl groups is 1. The van der Waals surface area contributed by atoms with E-state index in [2.05, 4.69) is 22.1 Å². The van der Waals surface area contributed by atoms with Gasteiger partial charge in [-0.15, -0.1) is 0 Å². The average molecular weight is 337 g/mol. The van der Waals surface area contributed by atoms with Crippen LogP contribution < -0.4 is 10.6 Å². The Hall–Kier alpha value is -1.37. The summed E-state index contributed by atoms with van der Waals surface area (Å²) in [6, 6.07) is 1.86. The second-order valence-corrected chi connectivity index (χ2v) is 7.40. The Kier molecular flexibility index (Phi) is 6.21. The molecule has 6 heteroatoms. The zero-order valence-electron chi connectivity index (χ0n) is 14.0. The summed E-state index contributed by atoms with van der Waals surface area (Å²) < 4.78 is 0. The van der Waals surface area contributed by atoms with Crippen LogP contribution in [0.15, 0.2) is 29.0 Å². The largest absolute Gasteiger partial charge is 0.384 e. The van der Waals surface area contributed by atoms with E-state index in [9.17, 15) is 9.90 Å². The molecule has 1 fully saturated rings. The molecule has 2 rings (SSSR count). The van der Waals surface area contributed by atoms with E-state index in [1.165, 1.54) is 16.9 Å². The lowest BCUT2D eigenvalue weighted by molar-refractivity contribution is 0.0595. The first-order chi connectivity index (χ1) is 10.9. The maximum atomic E-state index is 12.0. The molecule has 0 bridgehead atoms. The number of nitrogens with one attached hydrogen (secondary N) is 2. The lowest BCUT2D eigenvalue weighted by Gasteiger charge is -2.32. The van der Waals surface area contributed by atoms with Crippen molar-refractivity contribution in [2.24, 2.45) is 0 Å². The summed E-state index contributed by atoms with van der Waals surface area (Å²) in [6.07, 6.45) is 1.89. The molecule has 3 N–H and O–H groups in total. The molecule has 2 heterocycles. The Labute approximate surface area is 142 Å². The Morgan fingerprint density at radius 1 is 1.52 bits per heavy atom. The van der Waals surface area contributed by atoms with Gasteiger partial charge in [0, 0.05) is 25.7 Å². The van der Waals surface area contributed by atoms with Crippen LogP contribution in [-0.4, -0.2) is 48.3 Å². The number of rotatable bonds is 6. The predicted molar refractivity (Wildman–Crippen MR) is 94.7 cm³/mol. The maximum absolute atomic E-state index is 12.0. The molecule has 5 nitrogen and oxygen atoms in total. The van der Waals surface area contributed by atoms with E-state index in [4.69, 9.17) is 0 Å². The average Bonchev–Trinajstić information content (AvgIpc) is 3.02. The van der Waals surface area contributed by atoms with Crippen molar-refractivity contribution in [1.29, 1.82) is 0 Å². The second kappa shape index (κ2) is 7.95. The highest BCUT2D eigenvalue weighted by Crippen LogP contribution is 2.22. The molecule has 1 aromatic heterocycles. The highest BCUT2D eigenvalue weighted by Gasteiger charge is 2.25. The third-order valence-corrected chi connectivity index (χ3v) is 4.84. The number of likely N-dealkylation sites (tertiary alicyclic amines) is 1. The van der Waals surface area contributed by atoms with E-state index in [0.717, 1.165) is 38.0 Å². The molecule has 128 valence electrons. The number of thiophene rings is 1. The van der Waals surface area contributed by atoms with Gasteiger partial charge in [-0.05, 0) is 49.1 Å². The van der Waals surface area contributed by atoms with E-state index < -0.39 is 5.60 Å². The monoisotopic (exact) mass is 337 g/mol. The summed E-state index contributed by atoms with van der Waals surface area (Å²) >= 11 is 1.53. The summed E-state index contributed by atoms with van der Waals surface area (Å²) in [5.41, 5.74) is 0.961. The fourth-order valence-corrected chi connectivity index (χ4v) is 3.56. The number of hydrogen-bond acceptors (Lipinski definition) is 4. The van der Waals surface area contributed by atoms with Crippen molar-refractivity contribution in [3.05, 3.63) is 34.5 Å². The number of nitrogens with zero attached hydrogens (tertiary/aromatic N) is 1. The summed E-state index contributed by atoms with van der Waals surface area (Å²) in [5.74, 6) is 0. The molecule has 1 aliphatic rings. The highest BCUT2D eigenvalue weighted by atomic mass is 32.1. The van der Waals surface area contributed by atoms with Crippen LogP contribution in [0.2, 0.25) is 0 Å². The minimum Gasteiger partial charge on any atom is -0.384 e. The summed E-state index contributed by atoms with van der Waals surface area (Å²) in [5, 5.41) is 20.0. The molecule has 1 atom stereocenters. The number of carbonyl (C=O) groups excluding carboxylic acids is 1. The van der Waals surface area contributed by atoms with E-state index in [-0.39, 0.29) is 18.6 Å². The molecule has 1 aliphatic heterocycles. The lowest BCUT2D eigenvalue weighted by Crippen LogP contribution is -2.50. The van der Waals surface area contributed by atoms with E-state index >= 15 is 0 Å². The van der Waals surface area contributed by atoms with Crippen LogP contribution in [0.4, 0.5) is 4.79 Å². The van der Waals surface area contributed by atoms with Crippen LogP contribution in [-0.2, 0) is 5.60 Å². The van der Waals surface area contributed by atoms with Gasteiger partial charge in [-0.2, -0.15) is 11.3 Å². The first-order valence-corrected chi connectivity index (χ1v) is 8.97. The van der Waals surface area contributed by atoms with Crippen LogP contribution in [0.3, 0.4) is 0 Å². The topological polar surface area (TPSA) is 64.6 Å². The van der Waals surface area contributed by atoms with Gasteiger partial charge in [0.05, 0.1) is 6.54 Å². The Bertz CT molecular complexity index is 520. The van der Waals surface area contributed by atoms with Crippen LogP contribution >= 0.6 is 11.3 Å². The van der Waals surface area contributed by atoms with Crippen LogP contribution in [0, 0.1) is 0 Å². The molecule has 1 aromatic rings. The van der Waals surface area contributed by atoms with Crippen molar-refractivity contribution in [3.63, 3.8) is 0 Å². The number of amides is 2. The van der Waals surface area contributed by atoms with Gasteiger partial charge >= 0.3 is 6.03 Å². The normalized spacial score (nSPS) is 19.1. The fourth-order valence-electron chi connectivity index (χ4n) is 2.78. The van der Waals surface area contributed by atoms with Gasteiger partial charge in [-0.1, -0.05) is 12.2 Å². The van der Waals surface area contributed by atoms with Crippen molar-refractivity contribution in [1.82, 2.24) is 15.5 Å². The van der Waals surface area contributed by atoms with Gasteiger partial charge in [-0.25, -0.2) is 4.79 Å². The van der Waals surface area contributed by atoms with Crippen molar-refractivity contribution in [2.75, 3.05) is 26.2 Å². The quantitative estimate of drug-likeness (QED) is 0.698. The molecule has 0 spiro atoms. The smallest absolute Gasteiger partial charge is 0.315 e. The minimum absolute atomic E-state index is 0.197. The summed E-state index contributed by atoms with van der Waals surface area (Å²) in [4.78, 5) is 14.4. The van der Waals surface area contributed by atoms with Crippen molar-refractivity contribution in [3.8, 4) is 0 Å². The van der Waals surface area contributed by atoms with Crippen LogP contribution in [0.1, 0.15) is 32.3 Å². The SMILES string of the molecule is C=C(C)CN1CCC(NC(=O)NCC(C)(O)c2ccsc2)CC1. The van der Waals surface area contributed by atoms with Gasteiger partial charge in [0.25, 0.3) is 0 Å². The summed E-state index contributed by atoms with van der Waals surface area (Å²) in [7, 11) is 0. The van der Waals surface area contributed by atoms with Gasteiger partial charge in [0.2, 0.25) is 0 Å². The predicted octanol–water partition coefficient (Wildman–Crippen LogP) is 2.30. The van der Waals surface area contributed by atoms with Crippen molar-refractivity contribution in [2.45, 2.75) is 38.3 Å². The van der Waals surface area contributed by atoms with Crippen LogP contribution in [0.25, 0.3) is 0 Å².